The minimum Gasteiger partial charge on any atom is -0.481 e. The molecular weight excluding hydrogens is 282 g/mol. The highest BCUT2D eigenvalue weighted by molar-refractivity contribution is 5.68. The molecule has 0 amide bonds. The Morgan fingerprint density at radius 3 is 2.36 bits per heavy atom. The van der Waals surface area contributed by atoms with Gasteiger partial charge < -0.3 is 5.11 Å². The summed E-state index contributed by atoms with van der Waals surface area (Å²) in [6.45, 7) is 0. The highest BCUT2D eigenvalue weighted by atomic mass is 16.6. The molecule has 5 heteroatoms. The van der Waals surface area contributed by atoms with Crippen LogP contribution >= 0.6 is 0 Å². The van der Waals surface area contributed by atoms with Crippen LogP contribution in [-0.4, -0.2) is 16.0 Å². The van der Waals surface area contributed by atoms with E-state index in [-0.39, 0.29) is 18.0 Å². The molecule has 2 aromatic rings. The number of nitro groups is 1. The maximum Gasteiger partial charge on any atom is 0.303 e. The summed E-state index contributed by atoms with van der Waals surface area (Å²) in [5, 5.41) is 20.2. The zero-order chi connectivity index (χ0) is 15.9. The number of aryl methyl sites for hydroxylation is 1. The molecular formula is C17H17NO4. The number of rotatable bonds is 7. The summed E-state index contributed by atoms with van der Waals surface area (Å²) in [7, 11) is 0. The minimum absolute atomic E-state index is 0.0122. The first-order valence-electron chi connectivity index (χ1n) is 7.07. The standard InChI is InChI=1S/C17H17NO4/c19-17(20)12-14(11-10-13-6-2-1-3-7-13)15-8-4-5-9-16(15)18(21)22/h1-9,14H,10-12H2,(H,19,20). The Morgan fingerprint density at radius 2 is 1.73 bits per heavy atom. The molecule has 0 aliphatic rings. The SMILES string of the molecule is O=C(O)CC(CCc1ccccc1)c1ccccc1[N+](=O)[O-]. The van der Waals surface area contributed by atoms with E-state index in [0.717, 1.165) is 5.56 Å². The van der Waals surface area contributed by atoms with Gasteiger partial charge in [-0.3, -0.25) is 14.9 Å². The third-order valence-corrected chi connectivity index (χ3v) is 3.62. The van der Waals surface area contributed by atoms with E-state index >= 15 is 0 Å². The van der Waals surface area contributed by atoms with E-state index in [1.165, 1.54) is 6.07 Å². The maximum atomic E-state index is 11.1. The van der Waals surface area contributed by atoms with Gasteiger partial charge in [0.1, 0.15) is 0 Å². The Hall–Kier alpha value is -2.69. The summed E-state index contributed by atoms with van der Waals surface area (Å²) in [6, 6.07) is 16.1. The van der Waals surface area contributed by atoms with Crippen LogP contribution in [0.5, 0.6) is 0 Å². The maximum absolute atomic E-state index is 11.1. The number of nitrogens with zero attached hydrogens (tertiary/aromatic N) is 1. The molecule has 0 aliphatic heterocycles. The molecule has 0 radical (unpaired) electrons. The number of aliphatic carboxylic acids is 1. The van der Waals surface area contributed by atoms with Gasteiger partial charge in [-0.05, 0) is 18.4 Å². The fourth-order valence-corrected chi connectivity index (χ4v) is 2.56. The monoisotopic (exact) mass is 299 g/mol. The van der Waals surface area contributed by atoms with Crippen molar-refractivity contribution in [1.82, 2.24) is 0 Å². The van der Waals surface area contributed by atoms with Crippen molar-refractivity contribution < 1.29 is 14.8 Å². The fourth-order valence-electron chi connectivity index (χ4n) is 2.56. The Bertz CT molecular complexity index is 655. The van der Waals surface area contributed by atoms with E-state index in [1.807, 2.05) is 30.3 Å². The van der Waals surface area contributed by atoms with Gasteiger partial charge in [0.15, 0.2) is 0 Å². The highest BCUT2D eigenvalue weighted by Crippen LogP contribution is 2.32. The second-order valence-electron chi connectivity index (χ2n) is 5.13. The molecule has 1 unspecified atom stereocenters. The normalized spacial score (nSPS) is 11.8. The topological polar surface area (TPSA) is 80.4 Å². The molecule has 0 aromatic heterocycles. The van der Waals surface area contributed by atoms with E-state index in [9.17, 15) is 14.9 Å². The number of benzene rings is 2. The predicted molar refractivity (Wildman–Crippen MR) is 82.9 cm³/mol. The molecule has 1 N–H and O–H groups in total. The number of para-hydroxylation sites is 1. The van der Waals surface area contributed by atoms with Crippen molar-refractivity contribution >= 4 is 11.7 Å². The van der Waals surface area contributed by atoms with Crippen molar-refractivity contribution in [2.45, 2.75) is 25.2 Å². The van der Waals surface area contributed by atoms with Gasteiger partial charge in [0.05, 0.1) is 11.3 Å². The minimum atomic E-state index is -0.948. The van der Waals surface area contributed by atoms with Gasteiger partial charge in [-0.2, -0.15) is 0 Å². The lowest BCUT2D eigenvalue weighted by molar-refractivity contribution is -0.385. The second kappa shape index (κ2) is 7.36. The van der Waals surface area contributed by atoms with Gasteiger partial charge in [-0.15, -0.1) is 0 Å². The van der Waals surface area contributed by atoms with Crippen LogP contribution in [0.4, 0.5) is 5.69 Å². The molecule has 0 aliphatic carbocycles. The van der Waals surface area contributed by atoms with E-state index in [0.29, 0.717) is 18.4 Å². The third-order valence-electron chi connectivity index (χ3n) is 3.62. The molecule has 22 heavy (non-hydrogen) atoms. The van der Waals surface area contributed by atoms with Crippen LogP contribution in [0.15, 0.2) is 54.6 Å². The van der Waals surface area contributed by atoms with Gasteiger partial charge in [0.25, 0.3) is 5.69 Å². The average molecular weight is 299 g/mol. The lowest BCUT2D eigenvalue weighted by Gasteiger charge is -2.15. The van der Waals surface area contributed by atoms with Crippen LogP contribution in [0.3, 0.4) is 0 Å². The zero-order valence-electron chi connectivity index (χ0n) is 12.0. The second-order valence-corrected chi connectivity index (χ2v) is 5.13. The molecule has 2 rings (SSSR count). The molecule has 0 saturated carbocycles. The predicted octanol–water partition coefficient (Wildman–Crippen LogP) is 3.79. The van der Waals surface area contributed by atoms with Crippen LogP contribution in [0.2, 0.25) is 0 Å². The van der Waals surface area contributed by atoms with Gasteiger partial charge in [0.2, 0.25) is 0 Å². The van der Waals surface area contributed by atoms with Crippen molar-refractivity contribution in [1.29, 1.82) is 0 Å². The summed E-state index contributed by atoms with van der Waals surface area (Å²) >= 11 is 0. The van der Waals surface area contributed by atoms with Gasteiger partial charge in [-0.1, -0.05) is 48.5 Å². The van der Waals surface area contributed by atoms with Crippen LogP contribution in [0.1, 0.15) is 29.9 Å². The first-order valence-corrected chi connectivity index (χ1v) is 7.07. The molecule has 0 heterocycles. The molecule has 0 saturated heterocycles. The summed E-state index contributed by atoms with van der Waals surface area (Å²) in [5.41, 5.74) is 1.57. The van der Waals surface area contributed by atoms with Gasteiger partial charge in [-0.25, -0.2) is 0 Å². The number of hydrogen-bond acceptors (Lipinski definition) is 3. The Balaban J connectivity index is 2.23. The van der Waals surface area contributed by atoms with Crippen LogP contribution in [0.25, 0.3) is 0 Å². The van der Waals surface area contributed by atoms with Crippen LogP contribution in [-0.2, 0) is 11.2 Å². The van der Waals surface area contributed by atoms with E-state index in [2.05, 4.69) is 0 Å². The lowest BCUT2D eigenvalue weighted by Crippen LogP contribution is -2.10. The molecule has 0 bridgehead atoms. The molecule has 1 atom stereocenters. The largest absolute Gasteiger partial charge is 0.481 e. The average Bonchev–Trinajstić information content (AvgIpc) is 2.52. The zero-order valence-corrected chi connectivity index (χ0v) is 12.0. The lowest BCUT2D eigenvalue weighted by atomic mass is 9.88. The number of carboxylic acids is 1. The van der Waals surface area contributed by atoms with Crippen molar-refractivity contribution in [3.05, 3.63) is 75.8 Å². The fraction of sp³-hybridized carbons (Fsp3) is 0.235. The molecule has 0 spiro atoms. The first kappa shape index (κ1) is 15.7. The van der Waals surface area contributed by atoms with Crippen molar-refractivity contribution in [2.75, 3.05) is 0 Å². The smallest absolute Gasteiger partial charge is 0.303 e. The Morgan fingerprint density at radius 1 is 1.09 bits per heavy atom. The van der Waals surface area contributed by atoms with Crippen molar-refractivity contribution in [3.8, 4) is 0 Å². The Kier molecular flexibility index (Phi) is 5.25. The number of carboxylic acid groups (broad SMARTS) is 1. The summed E-state index contributed by atoms with van der Waals surface area (Å²) in [6.07, 6.45) is 1.13. The van der Waals surface area contributed by atoms with E-state index in [4.69, 9.17) is 5.11 Å². The highest BCUT2D eigenvalue weighted by Gasteiger charge is 2.23. The molecule has 2 aromatic carbocycles. The van der Waals surface area contributed by atoms with Crippen LogP contribution < -0.4 is 0 Å². The summed E-state index contributed by atoms with van der Waals surface area (Å²) in [4.78, 5) is 21.8. The van der Waals surface area contributed by atoms with Crippen molar-refractivity contribution in [3.63, 3.8) is 0 Å². The number of hydrogen-bond donors (Lipinski definition) is 1. The number of nitro benzene ring substituents is 1. The molecule has 114 valence electrons. The molecule has 5 nitrogen and oxygen atoms in total. The van der Waals surface area contributed by atoms with E-state index in [1.54, 1.807) is 18.2 Å². The van der Waals surface area contributed by atoms with E-state index < -0.39 is 10.9 Å². The first-order chi connectivity index (χ1) is 10.6. The summed E-state index contributed by atoms with van der Waals surface area (Å²) < 4.78 is 0. The Labute approximate surface area is 128 Å². The third kappa shape index (κ3) is 4.15. The van der Waals surface area contributed by atoms with Crippen LogP contribution in [0, 0.1) is 10.1 Å². The van der Waals surface area contributed by atoms with Crippen molar-refractivity contribution in [2.24, 2.45) is 0 Å². The molecule has 0 fully saturated rings. The summed E-state index contributed by atoms with van der Waals surface area (Å²) in [5.74, 6) is -1.32. The van der Waals surface area contributed by atoms with Gasteiger partial charge >= 0.3 is 5.97 Å². The number of carbonyl (C=O) groups is 1. The quantitative estimate of drug-likeness (QED) is 0.623. The van der Waals surface area contributed by atoms with Gasteiger partial charge in [0, 0.05) is 17.5 Å².